The van der Waals surface area contributed by atoms with E-state index in [0.717, 1.165) is 5.56 Å². The summed E-state index contributed by atoms with van der Waals surface area (Å²) in [5.74, 6) is 0.516. The molecule has 1 atom stereocenters. The molecular weight excluding hydrogens is 430 g/mol. The maximum atomic E-state index is 13.5. The topological polar surface area (TPSA) is 92.0 Å². The average Bonchev–Trinajstić information content (AvgIpc) is 3.12. The SMILES string of the molecule is COC(=O)C1=C(C)N=c2s/c(=C\c3ccncc3)c(=O)n2[C@@H]1c1ccc(OC)cc1OC. The lowest BCUT2D eigenvalue weighted by molar-refractivity contribution is -0.136. The number of hydrogen-bond donors (Lipinski definition) is 0. The van der Waals surface area contributed by atoms with Crippen molar-refractivity contribution in [3.05, 3.63) is 84.8 Å². The van der Waals surface area contributed by atoms with Gasteiger partial charge in [-0.15, -0.1) is 0 Å². The summed E-state index contributed by atoms with van der Waals surface area (Å²) in [5.41, 5.74) is 1.96. The van der Waals surface area contributed by atoms with Gasteiger partial charge in [0.25, 0.3) is 5.56 Å². The Balaban J connectivity index is 2.01. The largest absolute Gasteiger partial charge is 0.497 e. The van der Waals surface area contributed by atoms with Crippen LogP contribution in [0.25, 0.3) is 6.08 Å². The van der Waals surface area contributed by atoms with Crippen molar-refractivity contribution < 1.29 is 19.0 Å². The minimum absolute atomic E-state index is 0.262. The first-order valence-corrected chi connectivity index (χ1v) is 10.5. The summed E-state index contributed by atoms with van der Waals surface area (Å²) in [6.07, 6.45) is 5.10. The molecule has 8 nitrogen and oxygen atoms in total. The second-order valence-electron chi connectivity index (χ2n) is 6.96. The van der Waals surface area contributed by atoms with E-state index in [1.54, 1.807) is 50.7 Å². The highest BCUT2D eigenvalue weighted by atomic mass is 32.1. The first-order valence-electron chi connectivity index (χ1n) is 9.71. The number of thiazole rings is 1. The summed E-state index contributed by atoms with van der Waals surface area (Å²) in [5, 5.41) is 0. The highest BCUT2D eigenvalue weighted by Gasteiger charge is 2.35. The van der Waals surface area contributed by atoms with Crippen LogP contribution in [0.1, 0.15) is 24.1 Å². The number of nitrogens with zero attached hydrogens (tertiary/aromatic N) is 3. The molecule has 164 valence electrons. The van der Waals surface area contributed by atoms with E-state index in [-0.39, 0.29) is 11.1 Å². The molecule has 1 aromatic carbocycles. The van der Waals surface area contributed by atoms with Crippen molar-refractivity contribution in [2.24, 2.45) is 4.99 Å². The molecule has 0 aliphatic carbocycles. The normalized spacial score (nSPS) is 15.8. The number of hydrogen-bond acceptors (Lipinski definition) is 8. The van der Waals surface area contributed by atoms with Crippen LogP contribution in [0.15, 0.2) is 63.8 Å². The lowest BCUT2D eigenvalue weighted by Crippen LogP contribution is -2.40. The van der Waals surface area contributed by atoms with Gasteiger partial charge in [-0.25, -0.2) is 9.79 Å². The molecule has 3 heterocycles. The molecule has 0 fully saturated rings. The van der Waals surface area contributed by atoms with Crippen LogP contribution >= 0.6 is 11.3 Å². The van der Waals surface area contributed by atoms with Gasteiger partial charge in [0.15, 0.2) is 4.80 Å². The minimum Gasteiger partial charge on any atom is -0.497 e. The molecule has 0 amide bonds. The molecule has 1 aliphatic rings. The number of fused-ring (bicyclic) bond motifs is 1. The van der Waals surface area contributed by atoms with Crippen LogP contribution in [0.4, 0.5) is 0 Å². The van der Waals surface area contributed by atoms with Gasteiger partial charge < -0.3 is 14.2 Å². The summed E-state index contributed by atoms with van der Waals surface area (Å²) in [7, 11) is 4.39. The van der Waals surface area contributed by atoms with Crippen LogP contribution in [-0.2, 0) is 9.53 Å². The van der Waals surface area contributed by atoms with E-state index in [0.29, 0.717) is 32.1 Å². The number of benzene rings is 1. The molecular formula is C23H21N3O5S. The maximum Gasteiger partial charge on any atom is 0.338 e. The Morgan fingerprint density at radius 1 is 1.12 bits per heavy atom. The average molecular weight is 452 g/mol. The zero-order valence-corrected chi connectivity index (χ0v) is 18.8. The molecule has 0 radical (unpaired) electrons. The van der Waals surface area contributed by atoms with Crippen LogP contribution in [-0.4, -0.2) is 36.8 Å². The van der Waals surface area contributed by atoms with Crippen LogP contribution < -0.4 is 24.4 Å². The molecule has 32 heavy (non-hydrogen) atoms. The molecule has 0 spiro atoms. The predicted molar refractivity (Wildman–Crippen MR) is 120 cm³/mol. The molecule has 0 N–H and O–H groups in total. The van der Waals surface area contributed by atoms with Crippen molar-refractivity contribution >= 4 is 23.4 Å². The third-order valence-corrected chi connectivity index (χ3v) is 6.15. The van der Waals surface area contributed by atoms with Crippen molar-refractivity contribution in [1.82, 2.24) is 9.55 Å². The van der Waals surface area contributed by atoms with E-state index < -0.39 is 12.0 Å². The number of rotatable bonds is 5. The van der Waals surface area contributed by atoms with E-state index in [9.17, 15) is 9.59 Å². The van der Waals surface area contributed by atoms with Gasteiger partial charge in [-0.05, 0) is 42.8 Å². The fraction of sp³-hybridized carbons (Fsp3) is 0.217. The van der Waals surface area contributed by atoms with Crippen molar-refractivity contribution in [2.75, 3.05) is 21.3 Å². The fourth-order valence-electron chi connectivity index (χ4n) is 3.64. The van der Waals surface area contributed by atoms with E-state index in [4.69, 9.17) is 14.2 Å². The number of pyridine rings is 1. The van der Waals surface area contributed by atoms with Gasteiger partial charge in [0, 0.05) is 24.0 Å². The predicted octanol–water partition coefficient (Wildman–Crippen LogP) is 1.82. The van der Waals surface area contributed by atoms with Gasteiger partial charge in [-0.2, -0.15) is 0 Å². The molecule has 9 heteroatoms. The third kappa shape index (κ3) is 3.71. The van der Waals surface area contributed by atoms with Gasteiger partial charge in [-0.1, -0.05) is 11.3 Å². The van der Waals surface area contributed by atoms with Crippen molar-refractivity contribution in [3.63, 3.8) is 0 Å². The van der Waals surface area contributed by atoms with Crippen LogP contribution in [0.3, 0.4) is 0 Å². The summed E-state index contributed by atoms with van der Waals surface area (Å²) >= 11 is 1.26. The molecule has 3 aromatic rings. The highest BCUT2D eigenvalue weighted by molar-refractivity contribution is 7.07. The first kappa shape index (κ1) is 21.5. The molecule has 0 saturated carbocycles. The number of methoxy groups -OCH3 is 3. The quantitative estimate of drug-likeness (QED) is 0.550. The minimum atomic E-state index is -0.765. The fourth-order valence-corrected chi connectivity index (χ4v) is 4.69. The number of carbonyl (C=O) groups excluding carboxylic acids is 1. The van der Waals surface area contributed by atoms with Crippen LogP contribution in [0.2, 0.25) is 0 Å². The monoisotopic (exact) mass is 451 g/mol. The van der Waals surface area contributed by atoms with Crippen molar-refractivity contribution in [2.45, 2.75) is 13.0 Å². The van der Waals surface area contributed by atoms with Crippen LogP contribution in [0.5, 0.6) is 11.5 Å². The zero-order chi connectivity index (χ0) is 22.8. The smallest absolute Gasteiger partial charge is 0.338 e. The summed E-state index contributed by atoms with van der Waals surface area (Å²) in [6.45, 7) is 1.73. The molecule has 0 unspecified atom stereocenters. The van der Waals surface area contributed by atoms with Crippen LogP contribution in [0, 0.1) is 0 Å². The van der Waals surface area contributed by atoms with Gasteiger partial charge in [-0.3, -0.25) is 14.3 Å². The van der Waals surface area contributed by atoms with Gasteiger partial charge >= 0.3 is 5.97 Å². The van der Waals surface area contributed by atoms with Gasteiger partial charge in [0.05, 0.1) is 37.1 Å². The number of carbonyl (C=O) groups is 1. The molecule has 4 rings (SSSR count). The molecule has 1 aliphatic heterocycles. The number of ether oxygens (including phenoxy) is 3. The third-order valence-electron chi connectivity index (χ3n) is 5.17. The first-order chi connectivity index (χ1) is 15.5. The van der Waals surface area contributed by atoms with E-state index in [1.165, 1.54) is 30.1 Å². The number of allylic oxidation sites excluding steroid dienone is 1. The Morgan fingerprint density at radius 3 is 2.53 bits per heavy atom. The summed E-state index contributed by atoms with van der Waals surface area (Å²) in [6, 6.07) is 8.12. The summed E-state index contributed by atoms with van der Waals surface area (Å²) < 4.78 is 17.9. The standard InChI is InChI=1S/C23H21N3O5S/c1-13-19(22(28)31-4)20(16-6-5-15(29-2)12-17(16)30-3)26-21(27)18(32-23(26)25-13)11-14-7-9-24-10-8-14/h5-12,20H,1-4H3/b18-11-/t20-/m1/s1. The molecule has 2 aromatic heterocycles. The Hall–Kier alpha value is -3.72. The summed E-state index contributed by atoms with van der Waals surface area (Å²) in [4.78, 5) is 35.3. The maximum absolute atomic E-state index is 13.5. The van der Waals surface area contributed by atoms with Crippen molar-refractivity contribution in [1.29, 1.82) is 0 Å². The van der Waals surface area contributed by atoms with Crippen molar-refractivity contribution in [3.8, 4) is 11.5 Å². The number of aromatic nitrogens is 2. The van der Waals surface area contributed by atoms with E-state index >= 15 is 0 Å². The lowest BCUT2D eigenvalue weighted by atomic mass is 9.95. The zero-order valence-electron chi connectivity index (χ0n) is 18.0. The number of esters is 1. The molecule has 0 bridgehead atoms. The molecule has 0 saturated heterocycles. The Morgan fingerprint density at radius 2 is 1.88 bits per heavy atom. The second kappa shape index (κ2) is 8.80. The van der Waals surface area contributed by atoms with Gasteiger partial charge in [0.1, 0.15) is 17.5 Å². The van der Waals surface area contributed by atoms with E-state index in [1.807, 2.05) is 12.1 Å². The Bertz CT molecular complexity index is 1390. The van der Waals surface area contributed by atoms with E-state index in [2.05, 4.69) is 9.98 Å². The Labute approximate surface area is 187 Å². The second-order valence-corrected chi connectivity index (χ2v) is 7.97. The highest BCUT2D eigenvalue weighted by Crippen LogP contribution is 2.37. The Kier molecular flexibility index (Phi) is 5.91. The van der Waals surface area contributed by atoms with Gasteiger partial charge in [0.2, 0.25) is 0 Å². The lowest BCUT2D eigenvalue weighted by Gasteiger charge is -2.25.